The van der Waals surface area contributed by atoms with Crippen molar-refractivity contribution in [2.75, 3.05) is 13.1 Å². The van der Waals surface area contributed by atoms with Gasteiger partial charge in [0, 0.05) is 6.42 Å². The fourth-order valence-electron chi connectivity index (χ4n) is 2.28. The number of halogens is 1. The molecule has 2 atom stereocenters. The summed E-state index contributed by atoms with van der Waals surface area (Å²) in [4.78, 5) is 13.3. The van der Waals surface area contributed by atoms with Crippen molar-refractivity contribution < 1.29 is 9.18 Å². The summed E-state index contributed by atoms with van der Waals surface area (Å²) in [5, 5.41) is 12.0. The second-order valence-electron chi connectivity index (χ2n) is 4.81. The van der Waals surface area contributed by atoms with Gasteiger partial charge in [0.2, 0.25) is 5.91 Å². The Kier molecular flexibility index (Phi) is 5.32. The van der Waals surface area contributed by atoms with E-state index in [2.05, 4.69) is 11.2 Å². The lowest BCUT2D eigenvalue weighted by Gasteiger charge is -2.28. The first kappa shape index (κ1) is 15.5. The molecule has 0 spiro atoms. The molecule has 0 aliphatic carbocycles. The molecular weight excluding hydrogens is 245 g/mol. The Bertz CT molecular complexity index is 406. The lowest BCUT2D eigenvalue weighted by atomic mass is 9.94. The highest BCUT2D eigenvalue weighted by atomic mass is 19.1. The Balaban J connectivity index is 2.61. The number of carbonyl (C=O) groups excluding carboxylic acids is 1. The molecule has 1 N–H and O–H groups in total. The molecule has 5 heteroatoms. The third-order valence-electron chi connectivity index (χ3n) is 3.78. The Morgan fingerprint density at radius 1 is 1.58 bits per heavy atom. The zero-order chi connectivity index (χ0) is 14.5. The minimum absolute atomic E-state index is 0.0000432. The number of carbonyl (C=O) groups is 1. The molecular formula is C14H20FN3O. The van der Waals surface area contributed by atoms with Gasteiger partial charge in [0.05, 0.1) is 24.7 Å². The van der Waals surface area contributed by atoms with Gasteiger partial charge in [-0.15, -0.1) is 6.42 Å². The number of rotatable bonds is 5. The van der Waals surface area contributed by atoms with E-state index in [1.54, 1.807) is 0 Å². The second-order valence-corrected chi connectivity index (χ2v) is 4.81. The van der Waals surface area contributed by atoms with Gasteiger partial charge in [-0.2, -0.15) is 5.26 Å². The monoisotopic (exact) mass is 265 g/mol. The molecule has 1 rings (SSSR count). The van der Waals surface area contributed by atoms with Crippen LogP contribution >= 0.6 is 0 Å². The number of likely N-dealkylation sites (tertiary alicyclic amines) is 1. The van der Waals surface area contributed by atoms with Gasteiger partial charge in [-0.05, 0) is 12.8 Å². The van der Waals surface area contributed by atoms with E-state index in [1.807, 2.05) is 19.9 Å². The molecule has 1 saturated heterocycles. The molecule has 19 heavy (non-hydrogen) atoms. The van der Waals surface area contributed by atoms with Crippen molar-refractivity contribution >= 4 is 5.91 Å². The van der Waals surface area contributed by atoms with E-state index in [0.29, 0.717) is 12.8 Å². The van der Waals surface area contributed by atoms with Crippen molar-refractivity contribution in [1.82, 2.24) is 10.2 Å². The summed E-state index contributed by atoms with van der Waals surface area (Å²) in [6, 6.07) is 1.30. The minimum atomic E-state index is -1.11. The SMILES string of the molecule is C#CC(CC)(CC)NCC(=O)N1C[C@@H](F)C[C@H]1C#N. The number of nitriles is 1. The van der Waals surface area contributed by atoms with E-state index in [4.69, 9.17) is 11.7 Å². The summed E-state index contributed by atoms with van der Waals surface area (Å²) in [7, 11) is 0. The van der Waals surface area contributed by atoms with Gasteiger partial charge in [-0.3, -0.25) is 10.1 Å². The van der Waals surface area contributed by atoms with Crippen LogP contribution in [0.1, 0.15) is 33.1 Å². The molecule has 0 saturated carbocycles. The van der Waals surface area contributed by atoms with Crippen LogP contribution in [0.5, 0.6) is 0 Å². The molecule has 0 aromatic rings. The molecule has 0 unspecified atom stereocenters. The molecule has 1 aliphatic rings. The van der Waals surface area contributed by atoms with Crippen LogP contribution in [0.3, 0.4) is 0 Å². The van der Waals surface area contributed by atoms with E-state index in [-0.39, 0.29) is 25.4 Å². The summed E-state index contributed by atoms with van der Waals surface area (Å²) in [5.74, 6) is 2.40. The Labute approximate surface area is 114 Å². The van der Waals surface area contributed by atoms with Crippen molar-refractivity contribution in [2.45, 2.75) is 50.9 Å². The van der Waals surface area contributed by atoms with Crippen LogP contribution in [0.2, 0.25) is 0 Å². The van der Waals surface area contributed by atoms with Crippen molar-refractivity contribution in [3.05, 3.63) is 0 Å². The van der Waals surface area contributed by atoms with E-state index in [9.17, 15) is 9.18 Å². The van der Waals surface area contributed by atoms with E-state index in [0.717, 1.165) is 0 Å². The molecule has 1 amide bonds. The van der Waals surface area contributed by atoms with Crippen molar-refractivity contribution in [1.29, 1.82) is 5.26 Å². The van der Waals surface area contributed by atoms with E-state index in [1.165, 1.54) is 4.90 Å². The van der Waals surface area contributed by atoms with E-state index >= 15 is 0 Å². The standard InChI is InChI=1S/C14H20FN3O/c1-4-14(5-2,6-3)17-9-13(19)18-10-11(15)7-12(18)8-16/h1,11-12,17H,5-7,9-10H2,2-3H3/t11-,12-/m0/s1. The van der Waals surface area contributed by atoms with E-state index < -0.39 is 17.8 Å². The van der Waals surface area contributed by atoms with Gasteiger partial charge in [0.25, 0.3) is 0 Å². The van der Waals surface area contributed by atoms with Crippen molar-refractivity contribution in [3.63, 3.8) is 0 Å². The fourth-order valence-corrected chi connectivity index (χ4v) is 2.28. The molecule has 104 valence electrons. The first-order valence-corrected chi connectivity index (χ1v) is 6.57. The number of amides is 1. The van der Waals surface area contributed by atoms with Crippen molar-refractivity contribution in [2.24, 2.45) is 0 Å². The number of hydrogen-bond donors (Lipinski definition) is 1. The van der Waals surface area contributed by atoms with Crippen LogP contribution in [0.4, 0.5) is 4.39 Å². The fraction of sp³-hybridized carbons (Fsp3) is 0.714. The number of nitrogens with one attached hydrogen (secondary N) is 1. The average molecular weight is 265 g/mol. The molecule has 0 bridgehead atoms. The Morgan fingerprint density at radius 2 is 2.21 bits per heavy atom. The van der Waals surface area contributed by atoms with Crippen molar-refractivity contribution in [3.8, 4) is 18.4 Å². The lowest BCUT2D eigenvalue weighted by molar-refractivity contribution is -0.130. The summed E-state index contributed by atoms with van der Waals surface area (Å²) in [6.07, 6.45) is 5.91. The van der Waals surface area contributed by atoms with Gasteiger partial charge in [-0.1, -0.05) is 19.8 Å². The van der Waals surface area contributed by atoms with Crippen LogP contribution < -0.4 is 5.32 Å². The average Bonchev–Trinajstić information content (AvgIpc) is 2.82. The second kappa shape index (κ2) is 6.54. The van der Waals surface area contributed by atoms with Crippen LogP contribution in [0, 0.1) is 23.7 Å². The third kappa shape index (κ3) is 3.45. The third-order valence-corrected chi connectivity index (χ3v) is 3.78. The summed E-state index contributed by atoms with van der Waals surface area (Å²) in [6.45, 7) is 3.94. The first-order chi connectivity index (χ1) is 9.01. The number of terminal acetylenes is 1. The van der Waals surface area contributed by atoms with Gasteiger partial charge < -0.3 is 4.90 Å². The molecule has 0 aromatic carbocycles. The number of alkyl halides is 1. The molecule has 1 heterocycles. The molecule has 4 nitrogen and oxygen atoms in total. The zero-order valence-electron chi connectivity index (χ0n) is 11.4. The highest BCUT2D eigenvalue weighted by molar-refractivity contribution is 5.79. The van der Waals surface area contributed by atoms with Crippen LogP contribution in [0.25, 0.3) is 0 Å². The van der Waals surface area contributed by atoms with Crippen LogP contribution in [-0.4, -0.2) is 41.6 Å². The largest absolute Gasteiger partial charge is 0.323 e. The number of hydrogen-bond acceptors (Lipinski definition) is 3. The normalized spacial score (nSPS) is 22.9. The maximum absolute atomic E-state index is 13.2. The molecule has 1 aliphatic heterocycles. The predicted octanol–water partition coefficient (Wildman–Crippen LogP) is 1.23. The van der Waals surface area contributed by atoms with Gasteiger partial charge in [-0.25, -0.2) is 4.39 Å². The van der Waals surface area contributed by atoms with Crippen LogP contribution in [0.15, 0.2) is 0 Å². The summed E-state index contributed by atoms with van der Waals surface area (Å²) < 4.78 is 13.2. The smallest absolute Gasteiger partial charge is 0.237 e. The lowest BCUT2D eigenvalue weighted by Crippen LogP contribution is -2.49. The minimum Gasteiger partial charge on any atom is -0.323 e. The summed E-state index contributed by atoms with van der Waals surface area (Å²) in [5.41, 5.74) is -0.507. The highest BCUT2D eigenvalue weighted by Crippen LogP contribution is 2.20. The molecule has 0 radical (unpaired) electrons. The molecule has 1 fully saturated rings. The maximum Gasteiger partial charge on any atom is 0.237 e. The predicted molar refractivity (Wildman–Crippen MR) is 70.8 cm³/mol. The van der Waals surface area contributed by atoms with Gasteiger partial charge >= 0.3 is 0 Å². The first-order valence-electron chi connectivity index (χ1n) is 6.57. The zero-order valence-corrected chi connectivity index (χ0v) is 11.4. The van der Waals surface area contributed by atoms with Gasteiger partial charge in [0.15, 0.2) is 0 Å². The summed E-state index contributed by atoms with van der Waals surface area (Å²) >= 11 is 0. The highest BCUT2D eigenvalue weighted by Gasteiger charge is 2.36. The topological polar surface area (TPSA) is 56.1 Å². The van der Waals surface area contributed by atoms with Gasteiger partial charge in [0.1, 0.15) is 12.2 Å². The molecule has 0 aromatic heterocycles. The van der Waals surface area contributed by atoms with Crippen LogP contribution in [-0.2, 0) is 4.79 Å². The Hall–Kier alpha value is -1.59. The quantitative estimate of drug-likeness (QED) is 0.761. The maximum atomic E-state index is 13.2. The number of nitrogens with zero attached hydrogens (tertiary/aromatic N) is 2. The Morgan fingerprint density at radius 3 is 2.68 bits per heavy atom.